The van der Waals surface area contributed by atoms with Crippen LogP contribution in [0.15, 0.2) is 0 Å². The summed E-state index contributed by atoms with van der Waals surface area (Å²) in [7, 11) is 1.19. The average Bonchev–Trinajstić information content (AvgIpc) is 2.93. The number of ether oxygens (including phenoxy) is 2. The van der Waals surface area contributed by atoms with Crippen LogP contribution in [-0.2, 0) is 31.5 Å². The van der Waals surface area contributed by atoms with E-state index in [1.807, 2.05) is 33.1 Å². The van der Waals surface area contributed by atoms with Gasteiger partial charge in [-0.25, -0.2) is 11.2 Å². The van der Waals surface area contributed by atoms with Crippen molar-refractivity contribution in [3.63, 3.8) is 0 Å². The smallest absolute Gasteiger partial charge is 0.324 e. The first kappa shape index (κ1) is 32.1. The second-order valence-corrected chi connectivity index (χ2v) is 18.2. The lowest BCUT2D eigenvalue weighted by molar-refractivity contribution is -0.0188. The van der Waals surface area contributed by atoms with Gasteiger partial charge < -0.3 is 31.8 Å². The molecule has 0 spiro atoms. The van der Waals surface area contributed by atoms with Gasteiger partial charge in [0.05, 0.1) is 12.7 Å². The number of nitrogens with zero attached hydrogens (tertiary/aromatic N) is 2. The summed E-state index contributed by atoms with van der Waals surface area (Å²) >= 11 is 0. The van der Waals surface area contributed by atoms with E-state index in [1.54, 1.807) is 7.11 Å². The maximum atomic E-state index is 7.00. The van der Waals surface area contributed by atoms with Gasteiger partial charge in [0.25, 0.3) is 8.53 Å². The summed E-state index contributed by atoms with van der Waals surface area (Å²) in [4.78, 5) is 3.37. The Morgan fingerprint density at radius 2 is 1.71 bits per heavy atom. The second kappa shape index (κ2) is 14.7. The van der Waals surface area contributed by atoms with Crippen LogP contribution < -0.4 is 0 Å². The molecule has 1 saturated heterocycles. The Morgan fingerprint density at radius 1 is 1.09 bits per heavy atom. The van der Waals surface area contributed by atoms with Crippen molar-refractivity contribution in [1.82, 2.24) is 4.67 Å². The molecule has 13 heteroatoms. The predicted octanol–water partition coefficient (Wildman–Crippen LogP) is 4.24. The number of hydrogen-bond donors (Lipinski definition) is 0. The lowest BCUT2D eigenvalue weighted by Crippen LogP contribution is -2.52. The van der Waals surface area contributed by atoms with Crippen molar-refractivity contribution >= 4 is 33.5 Å². The molecule has 1 aliphatic heterocycles. The van der Waals surface area contributed by atoms with Crippen molar-refractivity contribution < 1.29 is 31.5 Å². The van der Waals surface area contributed by atoms with E-state index in [2.05, 4.69) is 37.2 Å². The summed E-state index contributed by atoms with van der Waals surface area (Å²) in [6, 6.07) is 0.0569. The van der Waals surface area contributed by atoms with Crippen LogP contribution in [-0.4, -0.2) is 93.6 Å². The minimum absolute atomic E-state index is 0.0266. The van der Waals surface area contributed by atoms with Gasteiger partial charge in [0.1, 0.15) is 27.4 Å². The molecule has 1 fully saturated rings. The van der Waals surface area contributed by atoms with Crippen molar-refractivity contribution in [2.24, 2.45) is 5.92 Å². The number of hydrogen-bond acceptors (Lipinski definition) is 8. The Kier molecular flexibility index (Phi) is 13.9. The molecule has 3 unspecified atom stereocenters. The summed E-state index contributed by atoms with van der Waals surface area (Å²) in [6.07, 6.45) is -0.430. The van der Waals surface area contributed by atoms with Gasteiger partial charge in [-0.1, -0.05) is 6.92 Å². The van der Waals surface area contributed by atoms with Gasteiger partial charge in [-0.3, -0.25) is 4.52 Å². The van der Waals surface area contributed by atoms with E-state index in [0.717, 1.165) is 0 Å². The van der Waals surface area contributed by atoms with E-state index in [0.29, 0.717) is 19.8 Å². The van der Waals surface area contributed by atoms with E-state index in [4.69, 9.17) is 45.9 Å². The molecule has 5 atom stereocenters. The maximum absolute atomic E-state index is 7.00. The molecule has 0 N–H and O–H groups in total. The van der Waals surface area contributed by atoms with Crippen LogP contribution in [0, 0.1) is 12.5 Å². The molecule has 9 nitrogen and oxygen atoms in total. The predicted molar refractivity (Wildman–Crippen MR) is 140 cm³/mol. The van der Waals surface area contributed by atoms with Crippen LogP contribution in [0.4, 0.5) is 0 Å². The Balaban J connectivity index is 2.73. The average molecular weight is 535 g/mol. The van der Waals surface area contributed by atoms with Crippen molar-refractivity contribution in [1.29, 1.82) is 0 Å². The Hall–Kier alpha value is 0.0987. The lowest BCUT2D eigenvalue weighted by atomic mass is 9.86. The fraction of sp³-hybridized carbons (Fsp3) is 0.952. The van der Waals surface area contributed by atoms with Crippen LogP contribution in [0.3, 0.4) is 0 Å². The third kappa shape index (κ3) is 10.6. The normalized spacial score (nSPS) is 24.8. The molecule has 0 aromatic heterocycles. The molecule has 1 aliphatic rings. The topological polar surface area (TPSA) is 72.2 Å². The fourth-order valence-electron chi connectivity index (χ4n) is 3.91. The summed E-state index contributed by atoms with van der Waals surface area (Å²) in [5.41, 5.74) is 0. The monoisotopic (exact) mass is 534 g/mol. The molecule has 1 rings (SSSR count). The van der Waals surface area contributed by atoms with E-state index in [9.17, 15) is 0 Å². The lowest BCUT2D eigenvalue weighted by Gasteiger charge is -2.37. The van der Waals surface area contributed by atoms with Gasteiger partial charge in [-0.2, -0.15) is 0 Å². The zero-order valence-corrected chi connectivity index (χ0v) is 25.5. The molecule has 1 heterocycles. The highest BCUT2D eigenvalue weighted by molar-refractivity contribution is 7.44. The first-order valence-electron chi connectivity index (χ1n) is 11.8. The Morgan fingerprint density at radius 3 is 2.24 bits per heavy atom. The van der Waals surface area contributed by atoms with E-state index in [1.165, 1.54) is 0 Å². The van der Waals surface area contributed by atoms with Gasteiger partial charge in [0.2, 0.25) is 6.54 Å². The third-order valence-corrected chi connectivity index (χ3v) is 12.8. The summed E-state index contributed by atoms with van der Waals surface area (Å²) < 4.78 is 44.3. The Labute approximate surface area is 211 Å². The van der Waals surface area contributed by atoms with Crippen LogP contribution in [0.2, 0.25) is 26.2 Å². The molecule has 2 radical (unpaired) electrons. The first-order chi connectivity index (χ1) is 15.7. The molecular formula is C21H44BN2O7PSi2. The van der Waals surface area contributed by atoms with Crippen LogP contribution >= 0.6 is 8.53 Å². The highest BCUT2D eigenvalue weighted by Crippen LogP contribution is 2.46. The zero-order chi connectivity index (χ0) is 26.1. The van der Waals surface area contributed by atoms with Crippen molar-refractivity contribution in [3.8, 4) is 0 Å². The molecule has 34 heavy (non-hydrogen) atoms. The van der Waals surface area contributed by atoms with Gasteiger partial charge >= 0.3 is 17.1 Å². The highest BCUT2D eigenvalue weighted by Gasteiger charge is 2.46. The first-order valence-corrected chi connectivity index (χ1v) is 18.6. The largest absolute Gasteiger partial charge is 0.415 e. The third-order valence-electron chi connectivity index (χ3n) is 5.20. The van der Waals surface area contributed by atoms with Gasteiger partial charge in [0, 0.05) is 31.1 Å². The number of methoxy groups -OCH3 is 1. The fourth-order valence-corrected chi connectivity index (χ4v) is 12.0. The van der Waals surface area contributed by atoms with E-state index in [-0.39, 0.29) is 37.0 Å². The number of rotatable bonds is 16. The summed E-state index contributed by atoms with van der Waals surface area (Å²) in [5, 5.41) is 0. The maximum Gasteiger partial charge on any atom is 0.324 e. The summed E-state index contributed by atoms with van der Waals surface area (Å²) in [6.45, 7) is 26.5. The minimum Gasteiger partial charge on any atom is -0.415 e. The van der Waals surface area contributed by atoms with Crippen LogP contribution in [0.25, 0.3) is 4.85 Å². The molecule has 0 amide bonds. The van der Waals surface area contributed by atoms with Crippen LogP contribution in [0.1, 0.15) is 34.6 Å². The van der Waals surface area contributed by atoms with Crippen molar-refractivity contribution in [2.45, 2.75) is 91.1 Å². The van der Waals surface area contributed by atoms with Gasteiger partial charge in [-0.05, 0) is 53.9 Å². The van der Waals surface area contributed by atoms with Crippen molar-refractivity contribution in [2.75, 3.05) is 33.7 Å². The SMILES string of the molecule is [B][C@@H]1O[C@H](COC)C(O[Si](C)(C)O[Si](C)(C)OCOP(OCC[N+]#[C-])N(C(C)C)C(C)C)C1C. The Bertz CT molecular complexity index is 635. The molecule has 0 aromatic rings. The molecule has 0 aromatic carbocycles. The van der Waals surface area contributed by atoms with Crippen LogP contribution in [0.5, 0.6) is 0 Å². The zero-order valence-electron chi connectivity index (χ0n) is 22.6. The molecular weight excluding hydrogens is 490 g/mol. The van der Waals surface area contributed by atoms with Gasteiger partial charge in [-0.15, -0.1) is 0 Å². The summed E-state index contributed by atoms with van der Waals surface area (Å²) in [5.74, 6) is 0.0266. The van der Waals surface area contributed by atoms with E-state index >= 15 is 0 Å². The second-order valence-electron chi connectivity index (χ2n) is 9.85. The van der Waals surface area contributed by atoms with E-state index < -0.39 is 31.7 Å². The molecule has 0 aliphatic carbocycles. The van der Waals surface area contributed by atoms with Crippen molar-refractivity contribution in [3.05, 3.63) is 11.4 Å². The minimum atomic E-state index is -2.59. The highest BCUT2D eigenvalue weighted by atomic mass is 31.2. The molecule has 196 valence electrons. The molecule has 0 bridgehead atoms. The quantitative estimate of drug-likeness (QED) is 0.0958. The standard InChI is InChI=1S/C21H44BN2O7PSi2/c1-16(2)24(17(3)4)32(26-13-12-23-6)27-15-28-33(8,9)31-34(10,11)30-20-18(5)21(22)29-19(20)14-25-7/h16-21H,12-15H2,1-5,7-11H3/t18?,19-,20?,21-,32?/m1/s1. The molecule has 0 saturated carbocycles. The van der Waals surface area contributed by atoms with Gasteiger partial charge in [0.15, 0.2) is 0 Å².